The molecule has 148 valence electrons. The lowest BCUT2D eigenvalue weighted by Gasteiger charge is -2.53. The van der Waals surface area contributed by atoms with Gasteiger partial charge in [-0.3, -0.25) is 15.0 Å². The Bertz CT molecular complexity index is 945. The summed E-state index contributed by atoms with van der Waals surface area (Å²) in [5.41, 5.74) is 3.31. The minimum Gasteiger partial charge on any atom is -0.374 e. The van der Waals surface area contributed by atoms with Crippen LogP contribution in [-0.4, -0.2) is 23.0 Å². The van der Waals surface area contributed by atoms with E-state index >= 15 is 0 Å². The summed E-state index contributed by atoms with van der Waals surface area (Å²) in [6.45, 7) is 2.90. The van der Waals surface area contributed by atoms with E-state index in [9.17, 15) is 10.1 Å². The van der Waals surface area contributed by atoms with Crippen molar-refractivity contribution in [3.63, 3.8) is 0 Å². The monoisotopic (exact) mass is 388 g/mol. The van der Waals surface area contributed by atoms with E-state index in [1.54, 1.807) is 12.1 Å². The van der Waals surface area contributed by atoms with Crippen molar-refractivity contribution in [1.29, 1.82) is 0 Å². The van der Waals surface area contributed by atoms with E-state index in [0.717, 1.165) is 30.6 Å². The molecule has 0 N–H and O–H groups in total. The normalized spacial score (nSPS) is 18.9. The van der Waals surface area contributed by atoms with Gasteiger partial charge in [-0.25, -0.2) is 0 Å². The second-order valence-corrected chi connectivity index (χ2v) is 7.47. The fourth-order valence-corrected chi connectivity index (χ4v) is 3.95. The van der Waals surface area contributed by atoms with Crippen molar-refractivity contribution in [2.75, 3.05) is 13.2 Å². The molecule has 0 radical (unpaired) electrons. The molecule has 1 fully saturated rings. The molecule has 1 atom stereocenters. The summed E-state index contributed by atoms with van der Waals surface area (Å²) < 4.78 is 6.15. The number of nitro groups is 1. The van der Waals surface area contributed by atoms with Crippen LogP contribution < -0.4 is 0 Å². The summed E-state index contributed by atoms with van der Waals surface area (Å²) in [5.74, 6) is 0. The van der Waals surface area contributed by atoms with Crippen molar-refractivity contribution in [2.24, 2.45) is 0 Å². The van der Waals surface area contributed by atoms with E-state index in [1.165, 1.54) is 5.56 Å². The molecule has 4 rings (SSSR count). The van der Waals surface area contributed by atoms with Crippen molar-refractivity contribution in [3.05, 3.63) is 112 Å². The minimum absolute atomic E-state index is 0.114. The SMILES string of the molecule is O=[N+]([O-])c1ccc(C2(COCc3ccccc3)CCN2Cc2ccccc2)cc1. The third-order valence-electron chi connectivity index (χ3n) is 5.68. The van der Waals surface area contributed by atoms with Crippen molar-refractivity contribution < 1.29 is 9.66 Å². The molecular weight excluding hydrogens is 364 g/mol. The molecule has 3 aromatic carbocycles. The molecule has 1 aliphatic heterocycles. The first-order valence-electron chi connectivity index (χ1n) is 9.83. The van der Waals surface area contributed by atoms with Crippen molar-refractivity contribution in [3.8, 4) is 0 Å². The van der Waals surface area contributed by atoms with E-state index in [-0.39, 0.29) is 16.1 Å². The van der Waals surface area contributed by atoms with E-state index in [2.05, 4.69) is 41.3 Å². The molecule has 0 aliphatic carbocycles. The molecule has 0 bridgehead atoms. The predicted octanol–water partition coefficient (Wildman–Crippen LogP) is 4.91. The summed E-state index contributed by atoms with van der Waals surface area (Å²) in [5, 5.41) is 11.1. The number of non-ortho nitro benzene ring substituents is 1. The quantitative estimate of drug-likeness (QED) is 0.406. The third-order valence-corrected chi connectivity index (χ3v) is 5.68. The highest BCUT2D eigenvalue weighted by atomic mass is 16.6. The van der Waals surface area contributed by atoms with Gasteiger partial charge in [0.1, 0.15) is 0 Å². The van der Waals surface area contributed by atoms with Crippen molar-refractivity contribution >= 4 is 5.69 Å². The fourth-order valence-electron chi connectivity index (χ4n) is 3.95. The molecule has 1 unspecified atom stereocenters. The standard InChI is InChI=1S/C24H24N2O3/c27-26(28)23-13-11-22(12-14-23)24(19-29-18-21-9-5-2-6-10-21)15-16-25(24)17-20-7-3-1-4-8-20/h1-14H,15-19H2. The Kier molecular flexibility index (Phi) is 5.69. The van der Waals surface area contributed by atoms with E-state index in [0.29, 0.717) is 13.2 Å². The zero-order chi connectivity index (χ0) is 20.1. The summed E-state index contributed by atoms with van der Waals surface area (Å²) in [7, 11) is 0. The molecular formula is C24H24N2O3. The van der Waals surface area contributed by atoms with E-state index < -0.39 is 0 Å². The number of rotatable bonds is 8. The molecule has 1 saturated heterocycles. The van der Waals surface area contributed by atoms with Gasteiger partial charge in [0.15, 0.2) is 0 Å². The first-order valence-corrected chi connectivity index (χ1v) is 9.83. The Hall–Kier alpha value is -3.02. The number of hydrogen-bond acceptors (Lipinski definition) is 4. The van der Waals surface area contributed by atoms with Gasteiger partial charge in [0, 0.05) is 25.2 Å². The number of benzene rings is 3. The largest absolute Gasteiger partial charge is 0.374 e. The number of hydrogen-bond donors (Lipinski definition) is 0. The number of ether oxygens (including phenoxy) is 1. The molecule has 5 heteroatoms. The first kappa shape index (κ1) is 19.3. The van der Waals surface area contributed by atoms with Gasteiger partial charge in [0.25, 0.3) is 5.69 Å². The van der Waals surface area contributed by atoms with Crippen LogP contribution in [0.4, 0.5) is 5.69 Å². The number of likely N-dealkylation sites (tertiary alicyclic amines) is 1. The van der Waals surface area contributed by atoms with Gasteiger partial charge in [-0.05, 0) is 23.1 Å². The fraction of sp³-hybridized carbons (Fsp3) is 0.250. The topological polar surface area (TPSA) is 55.6 Å². The maximum Gasteiger partial charge on any atom is 0.269 e. The van der Waals surface area contributed by atoms with Crippen LogP contribution >= 0.6 is 0 Å². The molecule has 0 saturated carbocycles. The van der Waals surface area contributed by atoms with Crippen LogP contribution in [0.1, 0.15) is 23.1 Å². The second-order valence-electron chi connectivity index (χ2n) is 7.47. The second kappa shape index (κ2) is 8.55. The van der Waals surface area contributed by atoms with Gasteiger partial charge >= 0.3 is 0 Å². The van der Waals surface area contributed by atoms with Crippen molar-refractivity contribution in [2.45, 2.75) is 25.1 Å². The lowest BCUT2D eigenvalue weighted by molar-refractivity contribution is -0.384. The highest BCUT2D eigenvalue weighted by Gasteiger charge is 2.46. The Morgan fingerprint density at radius 2 is 1.52 bits per heavy atom. The van der Waals surface area contributed by atoms with E-state index in [1.807, 2.05) is 36.4 Å². The molecule has 0 amide bonds. The average Bonchev–Trinajstić information content (AvgIpc) is 2.76. The summed E-state index contributed by atoms with van der Waals surface area (Å²) in [6, 6.07) is 27.4. The van der Waals surface area contributed by atoms with E-state index in [4.69, 9.17) is 4.74 Å². The summed E-state index contributed by atoms with van der Waals surface area (Å²) >= 11 is 0. The Balaban J connectivity index is 1.55. The predicted molar refractivity (Wildman–Crippen MR) is 112 cm³/mol. The summed E-state index contributed by atoms with van der Waals surface area (Å²) in [6.07, 6.45) is 0.965. The molecule has 0 aromatic heterocycles. The average molecular weight is 388 g/mol. The maximum atomic E-state index is 11.1. The highest BCUT2D eigenvalue weighted by molar-refractivity contribution is 5.38. The number of nitro benzene ring substituents is 1. The Morgan fingerprint density at radius 1 is 0.897 bits per heavy atom. The smallest absolute Gasteiger partial charge is 0.269 e. The lowest BCUT2D eigenvalue weighted by Crippen LogP contribution is -2.59. The maximum absolute atomic E-state index is 11.1. The molecule has 1 heterocycles. The molecule has 3 aromatic rings. The van der Waals surface area contributed by atoms with Crippen LogP contribution in [0.2, 0.25) is 0 Å². The van der Waals surface area contributed by atoms with Gasteiger partial charge in [-0.15, -0.1) is 0 Å². The lowest BCUT2D eigenvalue weighted by atomic mass is 9.78. The highest BCUT2D eigenvalue weighted by Crippen LogP contribution is 2.42. The number of nitrogens with zero attached hydrogens (tertiary/aromatic N) is 2. The Morgan fingerprint density at radius 3 is 2.07 bits per heavy atom. The van der Waals surface area contributed by atoms with Gasteiger partial charge in [0.2, 0.25) is 0 Å². The molecule has 5 nitrogen and oxygen atoms in total. The van der Waals surface area contributed by atoms with Gasteiger partial charge in [0.05, 0.1) is 23.7 Å². The minimum atomic E-state index is -0.356. The van der Waals surface area contributed by atoms with Crippen LogP contribution in [0.5, 0.6) is 0 Å². The van der Waals surface area contributed by atoms with Gasteiger partial charge < -0.3 is 4.74 Å². The third kappa shape index (κ3) is 4.21. The van der Waals surface area contributed by atoms with Crippen molar-refractivity contribution in [1.82, 2.24) is 4.90 Å². The summed E-state index contributed by atoms with van der Waals surface area (Å²) in [4.78, 5) is 13.1. The van der Waals surface area contributed by atoms with Gasteiger partial charge in [-0.2, -0.15) is 0 Å². The van der Waals surface area contributed by atoms with Gasteiger partial charge in [-0.1, -0.05) is 72.8 Å². The van der Waals surface area contributed by atoms with Crippen LogP contribution in [0, 0.1) is 10.1 Å². The van der Waals surface area contributed by atoms with Crippen LogP contribution in [0.15, 0.2) is 84.9 Å². The van der Waals surface area contributed by atoms with Crippen LogP contribution in [-0.2, 0) is 23.4 Å². The Labute approximate surface area is 170 Å². The molecule has 1 aliphatic rings. The van der Waals surface area contributed by atoms with Crippen LogP contribution in [0.3, 0.4) is 0 Å². The molecule has 29 heavy (non-hydrogen) atoms. The van der Waals surface area contributed by atoms with Crippen LogP contribution in [0.25, 0.3) is 0 Å². The first-order chi connectivity index (χ1) is 14.2. The zero-order valence-corrected chi connectivity index (χ0v) is 16.2. The molecule has 0 spiro atoms. The zero-order valence-electron chi connectivity index (χ0n) is 16.2.